The molecule has 0 aromatic carbocycles. The molecule has 100 valence electrons. The number of nitrogens with zero attached hydrogens (tertiary/aromatic N) is 3. The van der Waals surface area contributed by atoms with Crippen LogP contribution in [0.1, 0.15) is 47.5 Å². The van der Waals surface area contributed by atoms with E-state index < -0.39 is 5.97 Å². The zero-order valence-electron chi connectivity index (χ0n) is 11.0. The SMILES string of the molecule is CCCN(CCC)C(=O)c1cn(C)nc1C(=O)O. The number of carboxylic acids is 1. The first-order valence-electron chi connectivity index (χ1n) is 6.07. The molecule has 1 rings (SSSR count). The summed E-state index contributed by atoms with van der Waals surface area (Å²) < 4.78 is 1.35. The van der Waals surface area contributed by atoms with Crippen molar-refractivity contribution in [2.45, 2.75) is 26.7 Å². The molecule has 0 aliphatic carbocycles. The largest absolute Gasteiger partial charge is 0.476 e. The maximum Gasteiger partial charge on any atom is 0.357 e. The Hall–Kier alpha value is -1.85. The highest BCUT2D eigenvalue weighted by molar-refractivity contribution is 6.03. The van der Waals surface area contributed by atoms with Crippen LogP contribution in [0.15, 0.2) is 6.20 Å². The van der Waals surface area contributed by atoms with Gasteiger partial charge in [0.25, 0.3) is 5.91 Å². The Bertz CT molecular complexity index is 434. The molecule has 18 heavy (non-hydrogen) atoms. The van der Waals surface area contributed by atoms with Gasteiger partial charge in [-0.1, -0.05) is 13.8 Å². The number of rotatable bonds is 6. The Morgan fingerprint density at radius 2 is 1.89 bits per heavy atom. The second-order valence-electron chi connectivity index (χ2n) is 4.16. The van der Waals surface area contributed by atoms with Crippen molar-refractivity contribution in [2.75, 3.05) is 13.1 Å². The lowest BCUT2D eigenvalue weighted by Crippen LogP contribution is -2.33. The molecule has 6 heteroatoms. The molecule has 1 amide bonds. The summed E-state index contributed by atoms with van der Waals surface area (Å²) >= 11 is 0. The predicted octanol–water partition coefficient (Wildman–Crippen LogP) is 1.38. The third-order valence-electron chi connectivity index (χ3n) is 2.54. The molecule has 0 atom stereocenters. The Labute approximate surface area is 106 Å². The van der Waals surface area contributed by atoms with Gasteiger partial charge in [0.05, 0.1) is 5.56 Å². The summed E-state index contributed by atoms with van der Waals surface area (Å²) in [5.74, 6) is -1.43. The monoisotopic (exact) mass is 253 g/mol. The lowest BCUT2D eigenvalue weighted by atomic mass is 10.2. The van der Waals surface area contributed by atoms with Gasteiger partial charge in [0.2, 0.25) is 0 Å². The molecule has 0 spiro atoms. The van der Waals surface area contributed by atoms with E-state index in [0.717, 1.165) is 12.8 Å². The van der Waals surface area contributed by atoms with E-state index in [0.29, 0.717) is 13.1 Å². The van der Waals surface area contributed by atoms with Gasteiger partial charge in [-0.25, -0.2) is 4.79 Å². The Balaban J connectivity index is 3.03. The van der Waals surface area contributed by atoms with E-state index in [-0.39, 0.29) is 17.2 Å². The molecule has 1 heterocycles. The molecular weight excluding hydrogens is 234 g/mol. The van der Waals surface area contributed by atoms with Crippen molar-refractivity contribution in [3.05, 3.63) is 17.5 Å². The average molecular weight is 253 g/mol. The van der Waals surface area contributed by atoms with Crippen LogP contribution in [0.5, 0.6) is 0 Å². The number of hydrogen-bond acceptors (Lipinski definition) is 3. The van der Waals surface area contributed by atoms with Crippen molar-refractivity contribution < 1.29 is 14.7 Å². The van der Waals surface area contributed by atoms with Gasteiger partial charge in [-0.15, -0.1) is 0 Å². The van der Waals surface area contributed by atoms with Gasteiger partial charge in [-0.2, -0.15) is 5.10 Å². The van der Waals surface area contributed by atoms with Gasteiger partial charge in [-0.3, -0.25) is 9.48 Å². The van der Waals surface area contributed by atoms with E-state index in [1.807, 2.05) is 13.8 Å². The maximum atomic E-state index is 12.3. The number of carbonyl (C=O) groups is 2. The smallest absolute Gasteiger partial charge is 0.357 e. The van der Waals surface area contributed by atoms with Crippen LogP contribution in [-0.2, 0) is 7.05 Å². The van der Waals surface area contributed by atoms with Gasteiger partial charge in [0.15, 0.2) is 5.69 Å². The highest BCUT2D eigenvalue weighted by Crippen LogP contribution is 2.11. The maximum absolute atomic E-state index is 12.3. The van der Waals surface area contributed by atoms with Crippen LogP contribution in [-0.4, -0.2) is 44.8 Å². The van der Waals surface area contributed by atoms with Gasteiger partial charge < -0.3 is 10.0 Å². The summed E-state index contributed by atoms with van der Waals surface area (Å²) in [5, 5.41) is 12.8. The first-order valence-corrected chi connectivity index (χ1v) is 6.07. The molecule has 0 bridgehead atoms. The Morgan fingerprint density at radius 3 is 2.33 bits per heavy atom. The molecular formula is C12H19N3O3. The molecule has 0 saturated carbocycles. The molecule has 6 nitrogen and oxygen atoms in total. The molecule has 0 aliphatic rings. The number of aromatic nitrogens is 2. The van der Waals surface area contributed by atoms with Crippen LogP contribution in [0.2, 0.25) is 0 Å². The Morgan fingerprint density at radius 1 is 1.33 bits per heavy atom. The van der Waals surface area contributed by atoms with Crippen molar-refractivity contribution in [3.63, 3.8) is 0 Å². The number of carbonyl (C=O) groups excluding carboxylic acids is 1. The normalized spacial score (nSPS) is 10.4. The van der Waals surface area contributed by atoms with E-state index in [4.69, 9.17) is 5.11 Å². The van der Waals surface area contributed by atoms with Crippen LogP contribution >= 0.6 is 0 Å². The number of hydrogen-bond donors (Lipinski definition) is 1. The van der Waals surface area contributed by atoms with Crippen LogP contribution in [0.25, 0.3) is 0 Å². The summed E-state index contributed by atoms with van der Waals surface area (Å²) in [6.45, 7) is 5.22. The lowest BCUT2D eigenvalue weighted by molar-refractivity contribution is 0.0669. The summed E-state index contributed by atoms with van der Waals surface area (Å²) in [6, 6.07) is 0. The zero-order chi connectivity index (χ0) is 13.7. The zero-order valence-corrected chi connectivity index (χ0v) is 11.0. The van der Waals surface area contributed by atoms with E-state index in [2.05, 4.69) is 5.10 Å². The third-order valence-corrected chi connectivity index (χ3v) is 2.54. The number of amides is 1. The molecule has 0 aliphatic heterocycles. The highest BCUT2D eigenvalue weighted by atomic mass is 16.4. The van der Waals surface area contributed by atoms with Crippen molar-refractivity contribution >= 4 is 11.9 Å². The number of aryl methyl sites for hydroxylation is 1. The number of aromatic carboxylic acids is 1. The van der Waals surface area contributed by atoms with Crippen molar-refractivity contribution in [2.24, 2.45) is 7.05 Å². The first kappa shape index (κ1) is 14.2. The van der Waals surface area contributed by atoms with Crippen molar-refractivity contribution in [1.82, 2.24) is 14.7 Å². The van der Waals surface area contributed by atoms with Gasteiger partial charge in [0, 0.05) is 26.3 Å². The van der Waals surface area contributed by atoms with Gasteiger partial charge >= 0.3 is 5.97 Å². The summed E-state index contributed by atoms with van der Waals surface area (Å²) in [5.41, 5.74) is -0.0217. The quantitative estimate of drug-likeness (QED) is 0.831. The predicted molar refractivity (Wildman–Crippen MR) is 66.7 cm³/mol. The number of carboxylic acid groups (broad SMARTS) is 1. The fourth-order valence-corrected chi connectivity index (χ4v) is 1.83. The minimum Gasteiger partial charge on any atom is -0.476 e. The van der Waals surface area contributed by atoms with Crippen LogP contribution in [0.3, 0.4) is 0 Å². The fraction of sp³-hybridized carbons (Fsp3) is 0.583. The second-order valence-corrected chi connectivity index (χ2v) is 4.16. The summed E-state index contributed by atoms with van der Waals surface area (Å²) in [4.78, 5) is 25.0. The third kappa shape index (κ3) is 3.09. The van der Waals surface area contributed by atoms with Crippen LogP contribution < -0.4 is 0 Å². The summed E-state index contributed by atoms with van der Waals surface area (Å²) in [7, 11) is 1.60. The highest BCUT2D eigenvalue weighted by Gasteiger charge is 2.24. The molecule has 0 unspecified atom stereocenters. The molecule has 1 aromatic heterocycles. The Kier molecular flexibility index (Phi) is 4.88. The van der Waals surface area contributed by atoms with E-state index in [9.17, 15) is 9.59 Å². The van der Waals surface area contributed by atoms with Gasteiger partial charge in [-0.05, 0) is 12.8 Å². The topological polar surface area (TPSA) is 75.4 Å². The molecule has 1 aromatic rings. The first-order chi connectivity index (χ1) is 8.51. The molecule has 0 radical (unpaired) electrons. The molecule has 0 saturated heterocycles. The standard InChI is InChI=1S/C12H19N3O3/c1-4-6-15(7-5-2)11(16)9-8-14(3)13-10(9)12(17)18/h8H,4-7H2,1-3H3,(H,17,18). The summed E-state index contributed by atoms with van der Waals surface area (Å²) in [6.07, 6.45) is 3.15. The van der Waals surface area contributed by atoms with E-state index in [1.54, 1.807) is 11.9 Å². The minimum absolute atomic E-state index is 0.159. The average Bonchev–Trinajstić information content (AvgIpc) is 2.70. The van der Waals surface area contributed by atoms with Crippen molar-refractivity contribution in [1.29, 1.82) is 0 Å². The van der Waals surface area contributed by atoms with Gasteiger partial charge in [0.1, 0.15) is 0 Å². The second kappa shape index (κ2) is 6.18. The minimum atomic E-state index is -1.17. The van der Waals surface area contributed by atoms with Crippen molar-refractivity contribution in [3.8, 4) is 0 Å². The van der Waals surface area contributed by atoms with Crippen LogP contribution in [0, 0.1) is 0 Å². The molecule has 1 N–H and O–H groups in total. The van der Waals surface area contributed by atoms with E-state index in [1.165, 1.54) is 10.9 Å². The fourth-order valence-electron chi connectivity index (χ4n) is 1.83. The van der Waals surface area contributed by atoms with E-state index >= 15 is 0 Å². The molecule has 0 fully saturated rings. The lowest BCUT2D eigenvalue weighted by Gasteiger charge is -2.20. The van der Waals surface area contributed by atoms with Crippen LogP contribution in [0.4, 0.5) is 0 Å².